The van der Waals surface area contributed by atoms with Gasteiger partial charge >= 0.3 is 5.97 Å². The van der Waals surface area contributed by atoms with Crippen LogP contribution >= 0.6 is 0 Å². The van der Waals surface area contributed by atoms with Crippen LogP contribution in [0, 0.1) is 19.8 Å². The highest BCUT2D eigenvalue weighted by atomic mass is 16.4. The number of carboxylic acids is 1. The Morgan fingerprint density at radius 3 is 2.71 bits per heavy atom. The van der Waals surface area contributed by atoms with E-state index in [1.807, 2.05) is 32.0 Å². The summed E-state index contributed by atoms with van der Waals surface area (Å²) in [7, 11) is 0. The van der Waals surface area contributed by atoms with Gasteiger partial charge in [-0.05, 0) is 31.0 Å². The molecule has 2 rings (SSSR count). The number of aryl methyl sites for hydroxylation is 2. The van der Waals surface area contributed by atoms with Gasteiger partial charge < -0.3 is 10.0 Å². The second-order valence-electron chi connectivity index (χ2n) is 4.53. The Morgan fingerprint density at radius 1 is 1.41 bits per heavy atom. The number of carbonyl (C=O) groups is 2. The molecule has 1 N–H and O–H groups in total. The molecule has 0 aliphatic carbocycles. The van der Waals surface area contributed by atoms with Gasteiger partial charge in [0.1, 0.15) is 0 Å². The molecule has 0 spiro atoms. The van der Waals surface area contributed by atoms with E-state index in [4.69, 9.17) is 5.11 Å². The van der Waals surface area contributed by atoms with Gasteiger partial charge in [0.25, 0.3) is 0 Å². The van der Waals surface area contributed by atoms with E-state index in [1.165, 1.54) is 0 Å². The Bertz CT molecular complexity index is 482. The minimum Gasteiger partial charge on any atom is -0.481 e. The lowest BCUT2D eigenvalue weighted by atomic mass is 10.1. The minimum atomic E-state index is -0.897. The van der Waals surface area contributed by atoms with Gasteiger partial charge in [-0.15, -0.1) is 0 Å². The summed E-state index contributed by atoms with van der Waals surface area (Å²) in [6, 6.07) is 5.86. The Morgan fingerprint density at radius 2 is 2.12 bits per heavy atom. The third kappa shape index (κ3) is 2.16. The van der Waals surface area contributed by atoms with Crippen LogP contribution in [0.15, 0.2) is 18.2 Å². The Hall–Kier alpha value is -1.84. The van der Waals surface area contributed by atoms with Gasteiger partial charge in [-0.1, -0.05) is 12.1 Å². The molecule has 1 amide bonds. The standard InChI is InChI=1S/C13H15NO3/c1-8-3-4-9(2)11(5-8)14-7-10(13(16)17)6-12(14)15/h3-5,10H,6-7H2,1-2H3,(H,16,17)/t10-/m1/s1. The Balaban J connectivity index is 2.32. The summed E-state index contributed by atoms with van der Waals surface area (Å²) in [6.45, 7) is 4.16. The fourth-order valence-electron chi connectivity index (χ4n) is 2.12. The van der Waals surface area contributed by atoms with Crippen LogP contribution in [0.1, 0.15) is 17.5 Å². The third-order valence-corrected chi connectivity index (χ3v) is 3.13. The van der Waals surface area contributed by atoms with E-state index < -0.39 is 11.9 Å². The van der Waals surface area contributed by atoms with Crippen LogP contribution < -0.4 is 4.90 Å². The van der Waals surface area contributed by atoms with Gasteiger partial charge in [-0.3, -0.25) is 9.59 Å². The quantitative estimate of drug-likeness (QED) is 0.846. The first-order valence-corrected chi connectivity index (χ1v) is 5.59. The summed E-state index contributed by atoms with van der Waals surface area (Å²) in [5.74, 6) is -1.58. The minimum absolute atomic E-state index is 0.0999. The van der Waals surface area contributed by atoms with Crippen LogP contribution in [0.2, 0.25) is 0 Å². The lowest BCUT2D eigenvalue weighted by Crippen LogP contribution is -2.26. The summed E-state index contributed by atoms with van der Waals surface area (Å²) < 4.78 is 0. The van der Waals surface area contributed by atoms with Crippen LogP contribution in [-0.2, 0) is 9.59 Å². The normalized spacial score (nSPS) is 19.8. The zero-order valence-corrected chi connectivity index (χ0v) is 9.93. The van der Waals surface area contributed by atoms with Crippen molar-refractivity contribution in [2.45, 2.75) is 20.3 Å². The summed E-state index contributed by atoms with van der Waals surface area (Å²) in [6.07, 6.45) is 0.0999. The van der Waals surface area contributed by atoms with E-state index in [0.717, 1.165) is 16.8 Å². The molecule has 1 aromatic carbocycles. The zero-order valence-electron chi connectivity index (χ0n) is 9.93. The van der Waals surface area contributed by atoms with Gasteiger partial charge in [0.2, 0.25) is 5.91 Å². The zero-order chi connectivity index (χ0) is 12.6. The number of amides is 1. The van der Waals surface area contributed by atoms with Crippen molar-refractivity contribution in [3.63, 3.8) is 0 Å². The fraction of sp³-hybridized carbons (Fsp3) is 0.385. The summed E-state index contributed by atoms with van der Waals surface area (Å²) in [5, 5.41) is 8.94. The summed E-state index contributed by atoms with van der Waals surface area (Å²) in [5.41, 5.74) is 2.89. The van der Waals surface area contributed by atoms with Crippen molar-refractivity contribution < 1.29 is 14.7 Å². The molecule has 0 radical (unpaired) electrons. The van der Waals surface area contributed by atoms with E-state index in [2.05, 4.69) is 0 Å². The second-order valence-corrected chi connectivity index (χ2v) is 4.53. The number of carbonyl (C=O) groups excluding carboxylic acids is 1. The highest BCUT2D eigenvalue weighted by Crippen LogP contribution is 2.28. The van der Waals surface area contributed by atoms with E-state index in [9.17, 15) is 9.59 Å². The van der Waals surface area contributed by atoms with Crippen molar-refractivity contribution in [3.05, 3.63) is 29.3 Å². The first kappa shape index (κ1) is 11.6. The van der Waals surface area contributed by atoms with Gasteiger partial charge in [-0.2, -0.15) is 0 Å². The van der Waals surface area contributed by atoms with Gasteiger partial charge in [0, 0.05) is 18.7 Å². The maximum absolute atomic E-state index is 11.8. The van der Waals surface area contributed by atoms with Crippen LogP contribution in [0.3, 0.4) is 0 Å². The van der Waals surface area contributed by atoms with Crippen molar-refractivity contribution in [1.82, 2.24) is 0 Å². The lowest BCUT2D eigenvalue weighted by Gasteiger charge is -2.19. The maximum Gasteiger partial charge on any atom is 0.308 e. The Kier molecular flexibility index (Phi) is 2.88. The maximum atomic E-state index is 11.8. The highest BCUT2D eigenvalue weighted by molar-refractivity contribution is 5.99. The van der Waals surface area contributed by atoms with E-state index in [-0.39, 0.29) is 18.9 Å². The molecule has 1 fully saturated rings. The number of hydrogen-bond acceptors (Lipinski definition) is 2. The lowest BCUT2D eigenvalue weighted by molar-refractivity contribution is -0.141. The van der Waals surface area contributed by atoms with Gasteiger partial charge in [0.05, 0.1) is 5.92 Å². The average molecular weight is 233 g/mol. The van der Waals surface area contributed by atoms with Crippen LogP contribution in [-0.4, -0.2) is 23.5 Å². The van der Waals surface area contributed by atoms with Crippen molar-refractivity contribution >= 4 is 17.6 Å². The molecule has 1 atom stereocenters. The first-order chi connectivity index (χ1) is 7.99. The van der Waals surface area contributed by atoms with Gasteiger partial charge in [-0.25, -0.2) is 0 Å². The molecule has 17 heavy (non-hydrogen) atoms. The molecule has 90 valence electrons. The molecular weight excluding hydrogens is 218 g/mol. The molecule has 0 saturated carbocycles. The summed E-state index contributed by atoms with van der Waals surface area (Å²) >= 11 is 0. The second kappa shape index (κ2) is 4.20. The van der Waals surface area contributed by atoms with E-state index in [0.29, 0.717) is 0 Å². The predicted molar refractivity (Wildman–Crippen MR) is 64.0 cm³/mol. The molecule has 0 unspecified atom stereocenters. The number of rotatable bonds is 2. The largest absolute Gasteiger partial charge is 0.481 e. The molecular formula is C13H15NO3. The smallest absolute Gasteiger partial charge is 0.308 e. The molecule has 1 aliphatic heterocycles. The van der Waals surface area contributed by atoms with Crippen molar-refractivity contribution in [1.29, 1.82) is 0 Å². The monoisotopic (exact) mass is 233 g/mol. The highest BCUT2D eigenvalue weighted by Gasteiger charge is 2.35. The molecule has 4 heteroatoms. The summed E-state index contributed by atoms with van der Waals surface area (Å²) in [4.78, 5) is 24.3. The number of anilines is 1. The molecule has 4 nitrogen and oxygen atoms in total. The molecule has 0 aromatic heterocycles. The Labute approximate surface area is 99.9 Å². The number of hydrogen-bond donors (Lipinski definition) is 1. The molecule has 1 aliphatic rings. The fourth-order valence-corrected chi connectivity index (χ4v) is 2.12. The van der Waals surface area contributed by atoms with E-state index in [1.54, 1.807) is 4.90 Å². The third-order valence-electron chi connectivity index (χ3n) is 3.13. The van der Waals surface area contributed by atoms with Crippen molar-refractivity contribution in [2.75, 3.05) is 11.4 Å². The van der Waals surface area contributed by atoms with Crippen LogP contribution in [0.4, 0.5) is 5.69 Å². The molecule has 1 aromatic rings. The SMILES string of the molecule is Cc1ccc(C)c(N2C[C@H](C(=O)O)CC2=O)c1. The first-order valence-electron chi connectivity index (χ1n) is 5.59. The van der Waals surface area contributed by atoms with Crippen LogP contribution in [0.5, 0.6) is 0 Å². The number of aliphatic carboxylic acids is 1. The number of carboxylic acid groups (broad SMARTS) is 1. The van der Waals surface area contributed by atoms with E-state index >= 15 is 0 Å². The van der Waals surface area contributed by atoms with Crippen LogP contribution in [0.25, 0.3) is 0 Å². The molecule has 0 bridgehead atoms. The average Bonchev–Trinajstić information content (AvgIpc) is 2.64. The molecule has 1 heterocycles. The predicted octanol–water partition coefficient (Wildman–Crippen LogP) is 1.74. The van der Waals surface area contributed by atoms with Crippen molar-refractivity contribution in [3.8, 4) is 0 Å². The molecule has 1 saturated heterocycles. The number of nitrogens with zero attached hydrogens (tertiary/aromatic N) is 1. The topological polar surface area (TPSA) is 57.6 Å². The van der Waals surface area contributed by atoms with Crippen molar-refractivity contribution in [2.24, 2.45) is 5.92 Å². The van der Waals surface area contributed by atoms with Gasteiger partial charge in [0.15, 0.2) is 0 Å². The number of benzene rings is 1.